The van der Waals surface area contributed by atoms with Crippen molar-refractivity contribution in [3.05, 3.63) is 29.8 Å². The number of carbonyl (C=O) groups is 1. The Labute approximate surface area is 117 Å². The zero-order valence-electron chi connectivity index (χ0n) is 11.2. The van der Waals surface area contributed by atoms with E-state index in [1.807, 2.05) is 0 Å². The second-order valence-electron chi connectivity index (χ2n) is 5.65. The summed E-state index contributed by atoms with van der Waals surface area (Å²) in [4.78, 5) is 14.5. The molecule has 1 aliphatic heterocycles. The number of hydrogen-bond acceptors (Lipinski definition) is 2. The molecular formula is C15H18F2N2O. The Morgan fingerprint density at radius 1 is 1.15 bits per heavy atom. The third kappa shape index (κ3) is 2.98. The molecule has 1 saturated carbocycles. The lowest BCUT2D eigenvalue weighted by molar-refractivity contribution is -0.121. The molecule has 1 aliphatic carbocycles. The molecule has 0 aromatic heterocycles. The SMILES string of the molecule is O=C(Nc1cc(F)ccc1F)C1CCN(C2CC2)CC1. The van der Waals surface area contributed by atoms with Crippen molar-refractivity contribution in [3.63, 3.8) is 0 Å². The average Bonchev–Trinajstić information content (AvgIpc) is 3.27. The van der Waals surface area contributed by atoms with Gasteiger partial charge in [-0.25, -0.2) is 8.78 Å². The van der Waals surface area contributed by atoms with Gasteiger partial charge in [-0.3, -0.25) is 4.79 Å². The van der Waals surface area contributed by atoms with Crippen LogP contribution in [0.5, 0.6) is 0 Å². The summed E-state index contributed by atoms with van der Waals surface area (Å²) < 4.78 is 26.5. The van der Waals surface area contributed by atoms with Gasteiger partial charge in [0.05, 0.1) is 5.69 Å². The number of anilines is 1. The fourth-order valence-corrected chi connectivity index (χ4v) is 2.79. The minimum Gasteiger partial charge on any atom is -0.323 e. The minimum absolute atomic E-state index is 0.0698. The van der Waals surface area contributed by atoms with Crippen LogP contribution in [0.15, 0.2) is 18.2 Å². The number of nitrogens with one attached hydrogen (secondary N) is 1. The van der Waals surface area contributed by atoms with Gasteiger partial charge in [0.25, 0.3) is 0 Å². The van der Waals surface area contributed by atoms with Crippen LogP contribution in [-0.2, 0) is 4.79 Å². The van der Waals surface area contributed by atoms with E-state index in [9.17, 15) is 13.6 Å². The topological polar surface area (TPSA) is 32.3 Å². The van der Waals surface area contributed by atoms with E-state index in [0.717, 1.165) is 50.2 Å². The van der Waals surface area contributed by atoms with Gasteiger partial charge in [0.1, 0.15) is 11.6 Å². The fourth-order valence-electron chi connectivity index (χ4n) is 2.79. The summed E-state index contributed by atoms with van der Waals surface area (Å²) in [7, 11) is 0. The number of amides is 1. The third-order valence-corrected chi connectivity index (χ3v) is 4.15. The normalized spacial score (nSPS) is 20.9. The van der Waals surface area contributed by atoms with Crippen LogP contribution in [0.25, 0.3) is 0 Å². The van der Waals surface area contributed by atoms with Crippen LogP contribution in [-0.4, -0.2) is 29.9 Å². The van der Waals surface area contributed by atoms with Crippen molar-refractivity contribution in [2.75, 3.05) is 18.4 Å². The van der Waals surface area contributed by atoms with Crippen molar-refractivity contribution in [2.45, 2.75) is 31.7 Å². The summed E-state index contributed by atoms with van der Waals surface area (Å²) in [6.45, 7) is 1.85. The van der Waals surface area contributed by atoms with Crippen LogP contribution in [0.2, 0.25) is 0 Å². The van der Waals surface area contributed by atoms with Crippen LogP contribution in [0.3, 0.4) is 0 Å². The highest BCUT2D eigenvalue weighted by Gasteiger charge is 2.33. The highest BCUT2D eigenvalue weighted by atomic mass is 19.1. The molecule has 1 N–H and O–H groups in total. The van der Waals surface area contributed by atoms with Crippen LogP contribution < -0.4 is 5.32 Å². The predicted octanol–water partition coefficient (Wildman–Crippen LogP) is 2.78. The molecule has 1 aromatic carbocycles. The number of nitrogens with zero attached hydrogens (tertiary/aromatic N) is 1. The Bertz CT molecular complexity index is 509. The molecule has 5 heteroatoms. The second kappa shape index (κ2) is 5.48. The van der Waals surface area contributed by atoms with Crippen molar-refractivity contribution < 1.29 is 13.6 Å². The van der Waals surface area contributed by atoms with Crippen molar-refractivity contribution in [1.29, 1.82) is 0 Å². The van der Waals surface area contributed by atoms with Gasteiger partial charge in [-0.2, -0.15) is 0 Å². The highest BCUT2D eigenvalue weighted by Crippen LogP contribution is 2.31. The summed E-state index contributed by atoms with van der Waals surface area (Å²) >= 11 is 0. The van der Waals surface area contributed by atoms with Crippen LogP contribution >= 0.6 is 0 Å². The Kier molecular flexibility index (Phi) is 3.70. The molecule has 20 heavy (non-hydrogen) atoms. The average molecular weight is 280 g/mol. The lowest BCUT2D eigenvalue weighted by Crippen LogP contribution is -2.39. The van der Waals surface area contributed by atoms with Crippen LogP contribution in [0.1, 0.15) is 25.7 Å². The number of hydrogen-bond donors (Lipinski definition) is 1. The smallest absolute Gasteiger partial charge is 0.227 e. The molecule has 0 spiro atoms. The molecule has 0 radical (unpaired) electrons. The maximum atomic E-state index is 13.5. The van der Waals surface area contributed by atoms with E-state index < -0.39 is 11.6 Å². The predicted molar refractivity (Wildman–Crippen MR) is 72.3 cm³/mol. The van der Waals surface area contributed by atoms with Gasteiger partial charge in [0.15, 0.2) is 0 Å². The first-order valence-corrected chi connectivity index (χ1v) is 7.13. The van der Waals surface area contributed by atoms with Gasteiger partial charge < -0.3 is 10.2 Å². The van der Waals surface area contributed by atoms with Crippen LogP contribution in [0, 0.1) is 17.6 Å². The first-order chi connectivity index (χ1) is 9.63. The Hall–Kier alpha value is -1.49. The standard InChI is InChI=1S/C15H18F2N2O/c16-11-1-4-13(17)14(9-11)18-15(20)10-5-7-19(8-6-10)12-2-3-12/h1,4,9-10,12H,2-3,5-8H2,(H,18,20). The van der Waals surface area contributed by atoms with Crippen molar-refractivity contribution in [3.8, 4) is 0 Å². The Morgan fingerprint density at radius 2 is 1.85 bits per heavy atom. The molecule has 1 aromatic rings. The van der Waals surface area contributed by atoms with E-state index in [0.29, 0.717) is 0 Å². The van der Waals surface area contributed by atoms with Gasteiger partial charge in [-0.05, 0) is 50.9 Å². The molecule has 1 amide bonds. The van der Waals surface area contributed by atoms with E-state index in [-0.39, 0.29) is 17.5 Å². The zero-order valence-corrected chi connectivity index (χ0v) is 11.2. The minimum atomic E-state index is -0.602. The first kappa shape index (κ1) is 13.5. The van der Waals surface area contributed by atoms with E-state index in [1.54, 1.807) is 0 Å². The summed E-state index contributed by atoms with van der Waals surface area (Å²) in [6, 6.07) is 3.81. The fraction of sp³-hybridized carbons (Fsp3) is 0.533. The number of benzene rings is 1. The van der Waals surface area contributed by atoms with Gasteiger partial charge >= 0.3 is 0 Å². The van der Waals surface area contributed by atoms with Gasteiger partial charge in [-0.1, -0.05) is 0 Å². The Balaban J connectivity index is 1.57. The molecule has 108 valence electrons. The molecule has 1 heterocycles. The summed E-state index contributed by atoms with van der Waals surface area (Å²) in [5.41, 5.74) is -0.0698. The van der Waals surface area contributed by atoms with E-state index in [4.69, 9.17) is 0 Å². The molecule has 1 saturated heterocycles. The quantitative estimate of drug-likeness (QED) is 0.923. The number of rotatable bonds is 3. The molecule has 3 nitrogen and oxygen atoms in total. The maximum absolute atomic E-state index is 13.5. The van der Waals surface area contributed by atoms with Gasteiger partial charge in [-0.15, -0.1) is 0 Å². The maximum Gasteiger partial charge on any atom is 0.227 e. The zero-order chi connectivity index (χ0) is 14.1. The lowest BCUT2D eigenvalue weighted by Gasteiger charge is -2.31. The van der Waals surface area contributed by atoms with Gasteiger partial charge in [0, 0.05) is 18.0 Å². The molecule has 0 atom stereocenters. The third-order valence-electron chi connectivity index (χ3n) is 4.15. The number of piperidine rings is 1. The van der Waals surface area contributed by atoms with Crippen LogP contribution in [0.4, 0.5) is 14.5 Å². The van der Waals surface area contributed by atoms with E-state index in [2.05, 4.69) is 10.2 Å². The monoisotopic (exact) mass is 280 g/mol. The summed E-state index contributed by atoms with van der Waals surface area (Å²) in [5, 5.41) is 2.51. The van der Waals surface area contributed by atoms with Crippen molar-refractivity contribution >= 4 is 11.6 Å². The largest absolute Gasteiger partial charge is 0.323 e. The van der Waals surface area contributed by atoms with E-state index >= 15 is 0 Å². The second-order valence-corrected chi connectivity index (χ2v) is 5.65. The summed E-state index contributed by atoms with van der Waals surface area (Å²) in [6.07, 6.45) is 4.12. The molecule has 2 aliphatic rings. The molecule has 0 unspecified atom stereocenters. The highest BCUT2D eigenvalue weighted by molar-refractivity contribution is 5.92. The molecule has 2 fully saturated rings. The van der Waals surface area contributed by atoms with Crippen molar-refractivity contribution in [1.82, 2.24) is 4.90 Å². The van der Waals surface area contributed by atoms with Crippen molar-refractivity contribution in [2.24, 2.45) is 5.92 Å². The summed E-state index contributed by atoms with van der Waals surface area (Å²) in [5.74, 6) is -1.46. The van der Waals surface area contributed by atoms with E-state index in [1.165, 1.54) is 12.8 Å². The molecule has 0 bridgehead atoms. The molecular weight excluding hydrogens is 262 g/mol. The Morgan fingerprint density at radius 3 is 2.50 bits per heavy atom. The molecule has 3 rings (SSSR count). The lowest BCUT2D eigenvalue weighted by atomic mass is 9.95. The first-order valence-electron chi connectivity index (χ1n) is 7.13. The van der Waals surface area contributed by atoms with Gasteiger partial charge in [0.2, 0.25) is 5.91 Å². The number of likely N-dealkylation sites (tertiary alicyclic amines) is 1. The number of carbonyl (C=O) groups excluding carboxylic acids is 1. The number of halogens is 2.